The van der Waals surface area contributed by atoms with Crippen molar-refractivity contribution in [3.05, 3.63) is 59.3 Å². The highest BCUT2D eigenvalue weighted by Gasteiger charge is 2.21. The van der Waals surface area contributed by atoms with Gasteiger partial charge in [0.1, 0.15) is 11.4 Å². The minimum absolute atomic E-state index is 0.168. The zero-order chi connectivity index (χ0) is 30.0. The van der Waals surface area contributed by atoms with Crippen molar-refractivity contribution in [2.24, 2.45) is 9.98 Å². The highest BCUT2D eigenvalue weighted by Crippen LogP contribution is 2.39. The van der Waals surface area contributed by atoms with Gasteiger partial charge in [-0.3, -0.25) is 30.0 Å². The second kappa shape index (κ2) is 14.8. The van der Waals surface area contributed by atoms with Crippen molar-refractivity contribution in [1.29, 1.82) is 0 Å². The van der Waals surface area contributed by atoms with Crippen molar-refractivity contribution < 1.29 is 19.1 Å². The van der Waals surface area contributed by atoms with E-state index in [2.05, 4.69) is 58.4 Å². The lowest BCUT2D eigenvalue weighted by Gasteiger charge is -2.31. The molecule has 0 unspecified atom stereocenters. The van der Waals surface area contributed by atoms with Gasteiger partial charge >= 0.3 is 0 Å². The van der Waals surface area contributed by atoms with Crippen LogP contribution in [0.15, 0.2) is 52.6 Å². The molecule has 0 aromatic heterocycles. The van der Waals surface area contributed by atoms with E-state index >= 15 is 0 Å². The normalized spacial score (nSPS) is 15.5. The summed E-state index contributed by atoms with van der Waals surface area (Å²) < 4.78 is 11.6. The van der Waals surface area contributed by atoms with Gasteiger partial charge in [-0.15, -0.1) is 0 Å². The summed E-state index contributed by atoms with van der Waals surface area (Å²) in [6.45, 7) is 13.2. The zero-order valence-electron chi connectivity index (χ0n) is 25.6. The Hall–Kier alpha value is -3.73. The van der Waals surface area contributed by atoms with Crippen LogP contribution in [-0.2, 0) is 10.3 Å². The van der Waals surface area contributed by atoms with E-state index < -0.39 is 0 Å². The van der Waals surface area contributed by atoms with Crippen molar-refractivity contribution >= 4 is 29.4 Å². The number of aliphatic imine (C=N–C) groups is 2. The number of benzene rings is 2. The molecule has 0 spiro atoms. The highest BCUT2D eigenvalue weighted by molar-refractivity contribution is 6.06. The lowest BCUT2D eigenvalue weighted by molar-refractivity contribution is 0.102. The zero-order valence-corrected chi connectivity index (χ0v) is 25.6. The SMILES string of the molecule is CN=C(/C=C\N=CCN1CCN(C)CC1)Oc1cc(C)cc(C(=O)Nc2cc(C(C)(C)C)cc(NOC)c2OC)c1. The van der Waals surface area contributed by atoms with E-state index in [0.717, 1.165) is 43.9 Å². The Morgan fingerprint density at radius 3 is 2.39 bits per heavy atom. The summed E-state index contributed by atoms with van der Waals surface area (Å²) in [5.74, 6) is 1.05. The van der Waals surface area contributed by atoms with Crippen LogP contribution in [0.1, 0.15) is 42.3 Å². The van der Waals surface area contributed by atoms with Crippen molar-refractivity contribution in [3.8, 4) is 11.5 Å². The van der Waals surface area contributed by atoms with Gasteiger partial charge in [0.2, 0.25) is 5.90 Å². The van der Waals surface area contributed by atoms with Gasteiger partial charge in [0.05, 0.1) is 19.9 Å². The number of carbonyl (C=O) groups excluding carboxylic acids is 1. The third kappa shape index (κ3) is 9.41. The Morgan fingerprint density at radius 2 is 1.76 bits per heavy atom. The van der Waals surface area contributed by atoms with Crippen LogP contribution in [0.5, 0.6) is 11.5 Å². The van der Waals surface area contributed by atoms with Crippen molar-refractivity contribution in [3.63, 3.8) is 0 Å². The largest absolute Gasteiger partial charge is 0.492 e. The molecule has 1 amide bonds. The maximum absolute atomic E-state index is 13.4. The second-order valence-corrected chi connectivity index (χ2v) is 11.1. The first-order valence-corrected chi connectivity index (χ1v) is 13.7. The van der Waals surface area contributed by atoms with Crippen LogP contribution in [0, 0.1) is 6.92 Å². The number of amides is 1. The Bertz CT molecular complexity index is 1270. The lowest BCUT2D eigenvalue weighted by Crippen LogP contribution is -2.44. The first-order valence-electron chi connectivity index (χ1n) is 13.7. The first-order chi connectivity index (χ1) is 19.5. The minimum Gasteiger partial charge on any atom is -0.492 e. The highest BCUT2D eigenvalue weighted by atomic mass is 16.6. The molecule has 2 N–H and O–H groups in total. The molecule has 10 heteroatoms. The number of carbonyl (C=O) groups is 1. The van der Waals surface area contributed by atoms with Crippen LogP contribution in [0.2, 0.25) is 0 Å². The summed E-state index contributed by atoms with van der Waals surface area (Å²) in [6, 6.07) is 9.21. The van der Waals surface area contributed by atoms with Crippen molar-refractivity contribution in [2.45, 2.75) is 33.1 Å². The number of ether oxygens (including phenoxy) is 2. The van der Waals surface area contributed by atoms with Crippen molar-refractivity contribution in [2.75, 3.05) is 71.8 Å². The van der Waals surface area contributed by atoms with E-state index in [9.17, 15) is 4.79 Å². The van der Waals surface area contributed by atoms with Gasteiger partial charge < -0.3 is 19.7 Å². The van der Waals surface area contributed by atoms with Gasteiger partial charge in [-0.1, -0.05) is 20.8 Å². The molecule has 222 valence electrons. The topological polar surface area (TPSA) is 100 Å². The molecule has 1 aliphatic heterocycles. The van der Waals surface area contributed by atoms with Crippen LogP contribution in [0.3, 0.4) is 0 Å². The van der Waals surface area contributed by atoms with Gasteiger partial charge in [-0.25, -0.2) is 0 Å². The predicted octanol–water partition coefficient (Wildman–Crippen LogP) is 4.77. The fourth-order valence-electron chi connectivity index (χ4n) is 4.33. The number of piperazine rings is 1. The molecular formula is C31H44N6O4. The molecule has 1 fully saturated rings. The third-order valence-corrected chi connectivity index (χ3v) is 6.72. The molecule has 1 aliphatic rings. The van der Waals surface area contributed by atoms with Gasteiger partial charge in [0.25, 0.3) is 5.91 Å². The molecule has 2 aromatic carbocycles. The second-order valence-electron chi connectivity index (χ2n) is 11.1. The van der Waals surface area contributed by atoms with E-state index in [4.69, 9.17) is 14.3 Å². The molecule has 0 saturated carbocycles. The number of nitrogens with zero attached hydrogens (tertiary/aromatic N) is 4. The Kier molecular flexibility index (Phi) is 11.5. The lowest BCUT2D eigenvalue weighted by atomic mass is 9.86. The molecule has 0 aliphatic carbocycles. The van der Waals surface area contributed by atoms with Crippen molar-refractivity contribution in [1.82, 2.24) is 9.80 Å². The van der Waals surface area contributed by atoms with Gasteiger partial charge in [0, 0.05) is 63.8 Å². The Balaban J connectivity index is 1.73. The number of methoxy groups -OCH3 is 1. The maximum atomic E-state index is 13.4. The summed E-state index contributed by atoms with van der Waals surface area (Å²) in [7, 11) is 6.87. The smallest absolute Gasteiger partial charge is 0.255 e. The van der Waals surface area contributed by atoms with Crippen LogP contribution in [0.4, 0.5) is 11.4 Å². The molecule has 2 aromatic rings. The fraction of sp³-hybridized carbons (Fsp3) is 0.452. The summed E-state index contributed by atoms with van der Waals surface area (Å²) >= 11 is 0. The number of rotatable bonds is 10. The van der Waals surface area contributed by atoms with E-state index in [1.807, 2.05) is 31.3 Å². The molecule has 0 radical (unpaired) electrons. The molecule has 1 saturated heterocycles. The number of hydrogen-bond acceptors (Lipinski definition) is 9. The molecule has 0 atom stereocenters. The molecule has 0 bridgehead atoms. The average Bonchev–Trinajstić information content (AvgIpc) is 2.92. The standard InChI is InChI=1S/C31H44N6O4/c1-22-17-23(30(38)34-26-20-24(31(2,3)4)21-27(35-40-8)29(26)39-7)19-25(18-22)41-28(32-5)9-10-33-11-12-37-15-13-36(6)14-16-37/h9-11,17-21,35H,12-16H2,1-8H3,(H,34,38)/b10-9-,32-28?,33-11?. The number of aryl methyl sites for hydroxylation is 1. The average molecular weight is 565 g/mol. The van der Waals surface area contributed by atoms with E-state index in [1.165, 1.54) is 7.11 Å². The van der Waals surface area contributed by atoms with E-state index in [1.54, 1.807) is 38.6 Å². The first kappa shape index (κ1) is 31.8. The molecule has 10 nitrogen and oxygen atoms in total. The van der Waals surface area contributed by atoms with Gasteiger partial charge in [0.15, 0.2) is 5.75 Å². The molecule has 3 rings (SSSR count). The Labute approximate surface area is 244 Å². The number of likely N-dealkylation sites (N-methyl/N-ethyl adjacent to an activating group) is 1. The summed E-state index contributed by atoms with van der Waals surface area (Å²) in [5.41, 5.74) is 6.14. The van der Waals surface area contributed by atoms with Gasteiger partial charge in [-0.2, -0.15) is 0 Å². The number of hydrogen-bond donors (Lipinski definition) is 2. The monoisotopic (exact) mass is 564 g/mol. The number of nitrogens with one attached hydrogen (secondary N) is 2. The summed E-state index contributed by atoms with van der Waals surface area (Å²) in [6.07, 6.45) is 5.26. The van der Waals surface area contributed by atoms with Gasteiger partial charge in [-0.05, 0) is 60.8 Å². The number of anilines is 2. The Morgan fingerprint density at radius 1 is 1.05 bits per heavy atom. The predicted molar refractivity (Wildman–Crippen MR) is 167 cm³/mol. The molecule has 41 heavy (non-hydrogen) atoms. The van der Waals surface area contributed by atoms with Crippen LogP contribution < -0.4 is 20.3 Å². The van der Waals surface area contributed by atoms with Crippen LogP contribution >= 0.6 is 0 Å². The maximum Gasteiger partial charge on any atom is 0.255 e. The summed E-state index contributed by atoms with van der Waals surface area (Å²) in [5, 5.41) is 3.00. The van der Waals surface area contributed by atoms with E-state index in [0.29, 0.717) is 34.3 Å². The molecule has 1 heterocycles. The summed E-state index contributed by atoms with van der Waals surface area (Å²) in [4.78, 5) is 31.8. The van der Waals surface area contributed by atoms with Crippen LogP contribution in [0.25, 0.3) is 0 Å². The van der Waals surface area contributed by atoms with E-state index in [-0.39, 0.29) is 11.3 Å². The molecular weight excluding hydrogens is 520 g/mol. The third-order valence-electron chi connectivity index (χ3n) is 6.72. The minimum atomic E-state index is -0.301. The quantitative estimate of drug-likeness (QED) is 0.244. The van der Waals surface area contributed by atoms with Crippen LogP contribution in [-0.4, -0.2) is 88.9 Å². The fourth-order valence-corrected chi connectivity index (χ4v) is 4.33.